The van der Waals surface area contributed by atoms with Gasteiger partial charge in [0.05, 0.1) is 12.7 Å². The number of ether oxygens (including phenoxy) is 1. The quantitative estimate of drug-likeness (QED) is 0.930. The number of carbonyl (C=O) groups excluding carboxylic acids is 1. The molecule has 0 aliphatic carbocycles. The zero-order chi connectivity index (χ0) is 15.4. The maximum absolute atomic E-state index is 12.4. The Kier molecular flexibility index (Phi) is 4.18. The smallest absolute Gasteiger partial charge is 0.338 e. The van der Waals surface area contributed by atoms with Crippen molar-refractivity contribution in [3.8, 4) is 5.75 Å². The van der Waals surface area contributed by atoms with Crippen LogP contribution in [-0.4, -0.2) is 36.1 Å². The summed E-state index contributed by atoms with van der Waals surface area (Å²) in [6.07, 6.45) is 1.39. The van der Waals surface area contributed by atoms with Crippen molar-refractivity contribution in [3.63, 3.8) is 0 Å². The summed E-state index contributed by atoms with van der Waals surface area (Å²) in [7, 11) is 3.11. The summed E-state index contributed by atoms with van der Waals surface area (Å²) < 4.78 is 5.05. The Morgan fingerprint density at radius 2 is 1.86 bits per heavy atom. The molecule has 0 fully saturated rings. The molecule has 108 valence electrons. The van der Waals surface area contributed by atoms with Crippen LogP contribution in [0.3, 0.4) is 0 Å². The van der Waals surface area contributed by atoms with E-state index in [0.29, 0.717) is 11.4 Å². The fourth-order valence-corrected chi connectivity index (χ4v) is 1.83. The van der Waals surface area contributed by atoms with Gasteiger partial charge in [0.1, 0.15) is 11.4 Å². The van der Waals surface area contributed by atoms with Crippen LogP contribution in [0.5, 0.6) is 5.75 Å². The van der Waals surface area contributed by atoms with E-state index in [0.717, 1.165) is 0 Å². The predicted molar refractivity (Wildman–Crippen MR) is 76.9 cm³/mol. The van der Waals surface area contributed by atoms with Crippen LogP contribution in [-0.2, 0) is 0 Å². The minimum Gasteiger partial charge on any atom is -0.497 e. The Balaban J connectivity index is 2.32. The number of hydrogen-bond donors (Lipinski definition) is 1. The number of amides is 1. The highest BCUT2D eigenvalue weighted by atomic mass is 16.5. The molecule has 6 heteroatoms. The third-order valence-electron chi connectivity index (χ3n) is 3.01. The van der Waals surface area contributed by atoms with E-state index >= 15 is 0 Å². The first-order chi connectivity index (χ1) is 10.0. The number of carboxylic acids is 1. The predicted octanol–water partition coefficient (Wildman–Crippen LogP) is 2.06. The lowest BCUT2D eigenvalue weighted by molar-refractivity contribution is 0.0691. The molecule has 0 aliphatic heterocycles. The second-order valence-electron chi connectivity index (χ2n) is 4.27. The first-order valence-corrected chi connectivity index (χ1v) is 6.15. The van der Waals surface area contributed by atoms with Crippen molar-refractivity contribution in [2.24, 2.45) is 0 Å². The van der Waals surface area contributed by atoms with E-state index in [2.05, 4.69) is 4.98 Å². The molecule has 1 heterocycles. The Hall–Kier alpha value is -2.89. The minimum absolute atomic E-state index is 0.0941. The Morgan fingerprint density at radius 3 is 2.43 bits per heavy atom. The summed E-state index contributed by atoms with van der Waals surface area (Å²) in [6, 6.07) is 9.68. The number of aromatic carboxylic acids is 1. The SMILES string of the molecule is COc1ccc(N(C)C(=O)c2ncccc2C(=O)O)cc1. The van der Waals surface area contributed by atoms with Crippen LogP contribution in [0.1, 0.15) is 20.8 Å². The van der Waals surface area contributed by atoms with Crippen LogP contribution in [0.2, 0.25) is 0 Å². The lowest BCUT2D eigenvalue weighted by atomic mass is 10.1. The number of hydrogen-bond acceptors (Lipinski definition) is 4. The zero-order valence-corrected chi connectivity index (χ0v) is 11.6. The van der Waals surface area contributed by atoms with Gasteiger partial charge < -0.3 is 14.7 Å². The Morgan fingerprint density at radius 1 is 1.19 bits per heavy atom. The summed E-state index contributed by atoms with van der Waals surface area (Å²) in [6.45, 7) is 0. The number of benzene rings is 1. The highest BCUT2D eigenvalue weighted by Gasteiger charge is 2.21. The van der Waals surface area contributed by atoms with Gasteiger partial charge in [0.2, 0.25) is 0 Å². The van der Waals surface area contributed by atoms with E-state index < -0.39 is 11.9 Å². The van der Waals surface area contributed by atoms with Crippen LogP contribution in [0.4, 0.5) is 5.69 Å². The third-order valence-corrected chi connectivity index (χ3v) is 3.01. The second kappa shape index (κ2) is 6.04. The molecule has 0 spiro atoms. The summed E-state index contributed by atoms with van der Waals surface area (Å²) in [4.78, 5) is 28.8. The molecule has 0 unspecified atom stereocenters. The molecule has 1 aromatic heterocycles. The Bertz CT molecular complexity index is 668. The van der Waals surface area contributed by atoms with Crippen molar-refractivity contribution in [2.75, 3.05) is 19.1 Å². The van der Waals surface area contributed by atoms with Gasteiger partial charge in [0, 0.05) is 18.9 Å². The molecule has 21 heavy (non-hydrogen) atoms. The molecule has 2 aromatic rings. The molecule has 0 atom stereocenters. The maximum atomic E-state index is 12.4. The van der Waals surface area contributed by atoms with Gasteiger partial charge in [-0.05, 0) is 36.4 Å². The van der Waals surface area contributed by atoms with Gasteiger partial charge in [-0.3, -0.25) is 9.78 Å². The Labute approximate surface area is 121 Å². The van der Waals surface area contributed by atoms with Gasteiger partial charge in [-0.25, -0.2) is 4.79 Å². The van der Waals surface area contributed by atoms with Gasteiger partial charge >= 0.3 is 5.97 Å². The molecule has 6 nitrogen and oxygen atoms in total. The highest BCUT2D eigenvalue weighted by Crippen LogP contribution is 2.20. The van der Waals surface area contributed by atoms with Crippen molar-refractivity contribution in [1.29, 1.82) is 0 Å². The van der Waals surface area contributed by atoms with Crippen molar-refractivity contribution in [1.82, 2.24) is 4.98 Å². The second-order valence-corrected chi connectivity index (χ2v) is 4.27. The maximum Gasteiger partial charge on any atom is 0.338 e. The van der Waals surface area contributed by atoms with Crippen LogP contribution in [0, 0.1) is 0 Å². The third kappa shape index (κ3) is 3.00. The van der Waals surface area contributed by atoms with Crippen LogP contribution >= 0.6 is 0 Å². The topological polar surface area (TPSA) is 79.7 Å². The van der Waals surface area contributed by atoms with E-state index in [1.807, 2.05) is 0 Å². The van der Waals surface area contributed by atoms with E-state index in [1.54, 1.807) is 38.4 Å². The van der Waals surface area contributed by atoms with E-state index in [1.165, 1.54) is 23.2 Å². The molecular formula is C15H14N2O4. The van der Waals surface area contributed by atoms with Crippen molar-refractivity contribution < 1.29 is 19.4 Å². The largest absolute Gasteiger partial charge is 0.497 e. The average molecular weight is 286 g/mol. The number of nitrogens with zero attached hydrogens (tertiary/aromatic N) is 2. The number of pyridine rings is 1. The first-order valence-electron chi connectivity index (χ1n) is 6.15. The first kappa shape index (κ1) is 14.5. The van der Waals surface area contributed by atoms with Crippen molar-refractivity contribution in [2.45, 2.75) is 0 Å². The molecule has 0 aliphatic rings. The zero-order valence-electron chi connectivity index (χ0n) is 11.6. The summed E-state index contributed by atoms with van der Waals surface area (Å²) >= 11 is 0. The monoisotopic (exact) mass is 286 g/mol. The number of methoxy groups -OCH3 is 1. The van der Waals surface area contributed by atoms with E-state index in [4.69, 9.17) is 9.84 Å². The summed E-state index contributed by atoms with van der Waals surface area (Å²) in [5.41, 5.74) is 0.397. The molecule has 0 bridgehead atoms. The fraction of sp³-hybridized carbons (Fsp3) is 0.133. The van der Waals surface area contributed by atoms with Crippen LogP contribution in [0.25, 0.3) is 0 Å². The van der Waals surface area contributed by atoms with Gasteiger partial charge in [-0.15, -0.1) is 0 Å². The van der Waals surface area contributed by atoms with E-state index in [-0.39, 0.29) is 11.3 Å². The molecule has 0 saturated carbocycles. The van der Waals surface area contributed by atoms with Gasteiger partial charge in [-0.2, -0.15) is 0 Å². The van der Waals surface area contributed by atoms with Gasteiger partial charge in [0.25, 0.3) is 5.91 Å². The molecule has 1 aromatic carbocycles. The molecular weight excluding hydrogens is 272 g/mol. The average Bonchev–Trinajstić information content (AvgIpc) is 2.53. The number of anilines is 1. The number of rotatable bonds is 4. The van der Waals surface area contributed by atoms with Crippen molar-refractivity contribution in [3.05, 3.63) is 53.9 Å². The van der Waals surface area contributed by atoms with Gasteiger partial charge in [0.15, 0.2) is 0 Å². The molecule has 0 radical (unpaired) electrons. The molecule has 1 N–H and O–H groups in total. The normalized spacial score (nSPS) is 10.0. The van der Waals surface area contributed by atoms with Crippen molar-refractivity contribution >= 4 is 17.6 Å². The van der Waals surface area contributed by atoms with E-state index in [9.17, 15) is 9.59 Å². The highest BCUT2D eigenvalue weighted by molar-refractivity contribution is 6.10. The molecule has 2 rings (SSSR count). The fourth-order valence-electron chi connectivity index (χ4n) is 1.83. The van der Waals surface area contributed by atoms with Crippen LogP contribution in [0.15, 0.2) is 42.6 Å². The minimum atomic E-state index is -1.19. The number of carboxylic acid groups (broad SMARTS) is 1. The summed E-state index contributed by atoms with van der Waals surface area (Å²) in [5.74, 6) is -1.00. The molecule has 0 saturated heterocycles. The van der Waals surface area contributed by atoms with Crippen LogP contribution < -0.4 is 9.64 Å². The summed E-state index contributed by atoms with van der Waals surface area (Å²) in [5, 5.41) is 9.11. The standard InChI is InChI=1S/C15H14N2O4/c1-17(10-5-7-11(21-2)8-6-10)14(18)13-12(15(19)20)4-3-9-16-13/h3-9H,1-2H3,(H,19,20). The van der Waals surface area contributed by atoms with Gasteiger partial charge in [-0.1, -0.05) is 0 Å². The lowest BCUT2D eigenvalue weighted by Gasteiger charge is -2.18. The number of carbonyl (C=O) groups is 2. The molecule has 1 amide bonds. The lowest BCUT2D eigenvalue weighted by Crippen LogP contribution is -2.28. The number of aromatic nitrogens is 1.